The SMILES string of the molecule is CC(C)(C)OC(=O)C[C@@H](CS)NC(=O)OC(C)(C)C. The molecule has 0 aromatic rings. The Balaban J connectivity index is 4.29. The van der Waals surface area contributed by atoms with Gasteiger partial charge in [-0.25, -0.2) is 4.79 Å². The lowest BCUT2D eigenvalue weighted by molar-refractivity contribution is -0.155. The Labute approximate surface area is 120 Å². The second-order valence-corrected chi connectivity index (χ2v) is 6.68. The molecule has 0 fully saturated rings. The number of amides is 1. The maximum absolute atomic E-state index is 11.6. The molecule has 0 aliphatic rings. The van der Waals surface area contributed by atoms with E-state index in [4.69, 9.17) is 9.47 Å². The first-order valence-corrected chi connectivity index (χ1v) is 6.88. The number of hydrogen-bond donors (Lipinski definition) is 2. The maximum atomic E-state index is 11.6. The van der Waals surface area contributed by atoms with Gasteiger partial charge >= 0.3 is 12.1 Å². The van der Waals surface area contributed by atoms with E-state index in [9.17, 15) is 9.59 Å². The summed E-state index contributed by atoms with van der Waals surface area (Å²) in [6.45, 7) is 10.7. The number of thiol groups is 1. The van der Waals surface area contributed by atoms with Crippen molar-refractivity contribution in [2.45, 2.75) is 65.2 Å². The van der Waals surface area contributed by atoms with Crippen LogP contribution in [0.2, 0.25) is 0 Å². The number of rotatable bonds is 4. The lowest BCUT2D eigenvalue weighted by Crippen LogP contribution is -2.42. The Hall–Kier alpha value is -0.910. The number of nitrogens with one attached hydrogen (secondary N) is 1. The first kappa shape index (κ1) is 18.1. The molecule has 112 valence electrons. The molecule has 0 unspecified atom stereocenters. The second-order valence-electron chi connectivity index (χ2n) is 6.32. The van der Waals surface area contributed by atoms with E-state index in [-0.39, 0.29) is 12.4 Å². The van der Waals surface area contributed by atoms with Gasteiger partial charge in [0.15, 0.2) is 0 Å². The van der Waals surface area contributed by atoms with Gasteiger partial charge in [-0.2, -0.15) is 12.6 Å². The molecular formula is C13H25NO4S. The normalized spacial score (nSPS) is 13.6. The van der Waals surface area contributed by atoms with Crippen LogP contribution in [0.1, 0.15) is 48.0 Å². The van der Waals surface area contributed by atoms with Gasteiger partial charge in [0.05, 0.1) is 12.5 Å². The van der Waals surface area contributed by atoms with Crippen molar-refractivity contribution in [1.82, 2.24) is 5.32 Å². The van der Waals surface area contributed by atoms with Crippen LogP contribution in [-0.4, -0.2) is 35.1 Å². The highest BCUT2D eigenvalue weighted by Crippen LogP contribution is 2.11. The zero-order valence-corrected chi connectivity index (χ0v) is 13.5. The van der Waals surface area contributed by atoms with Crippen LogP contribution < -0.4 is 5.32 Å². The summed E-state index contributed by atoms with van der Waals surface area (Å²) >= 11 is 4.11. The Morgan fingerprint density at radius 1 is 1.05 bits per heavy atom. The van der Waals surface area contributed by atoms with Gasteiger partial charge < -0.3 is 14.8 Å². The Morgan fingerprint density at radius 3 is 1.89 bits per heavy atom. The van der Waals surface area contributed by atoms with Crippen molar-refractivity contribution in [2.75, 3.05) is 5.75 Å². The largest absolute Gasteiger partial charge is 0.460 e. The smallest absolute Gasteiger partial charge is 0.407 e. The van der Waals surface area contributed by atoms with Gasteiger partial charge in [0.1, 0.15) is 11.2 Å². The Bertz CT molecular complexity index is 288. The molecule has 0 aromatic heterocycles. The fourth-order valence-corrected chi connectivity index (χ4v) is 1.44. The molecule has 0 heterocycles. The topological polar surface area (TPSA) is 64.6 Å². The molecular weight excluding hydrogens is 266 g/mol. The first-order valence-electron chi connectivity index (χ1n) is 6.25. The van der Waals surface area contributed by atoms with Crippen LogP contribution in [0, 0.1) is 0 Å². The third-order valence-corrected chi connectivity index (χ3v) is 2.22. The molecule has 6 heteroatoms. The molecule has 0 saturated carbocycles. The van der Waals surface area contributed by atoms with Gasteiger partial charge in [-0.15, -0.1) is 0 Å². The number of ether oxygens (including phenoxy) is 2. The molecule has 0 rings (SSSR count). The van der Waals surface area contributed by atoms with E-state index in [1.165, 1.54) is 0 Å². The van der Waals surface area contributed by atoms with Gasteiger partial charge in [-0.1, -0.05) is 0 Å². The number of alkyl carbamates (subject to hydrolysis) is 1. The number of esters is 1. The van der Waals surface area contributed by atoms with E-state index < -0.39 is 23.3 Å². The zero-order valence-electron chi connectivity index (χ0n) is 12.6. The third-order valence-electron chi connectivity index (χ3n) is 1.77. The summed E-state index contributed by atoms with van der Waals surface area (Å²) in [4.78, 5) is 23.2. The highest BCUT2D eigenvalue weighted by atomic mass is 32.1. The summed E-state index contributed by atoms with van der Waals surface area (Å²) in [6, 6.07) is -0.409. The monoisotopic (exact) mass is 291 g/mol. The molecule has 0 saturated heterocycles. The van der Waals surface area contributed by atoms with Gasteiger partial charge in [0, 0.05) is 5.75 Å². The Morgan fingerprint density at radius 2 is 1.53 bits per heavy atom. The quantitative estimate of drug-likeness (QED) is 0.617. The Kier molecular flexibility index (Phi) is 6.69. The van der Waals surface area contributed by atoms with Crippen molar-refractivity contribution in [3.63, 3.8) is 0 Å². The van der Waals surface area contributed by atoms with Gasteiger partial charge in [-0.3, -0.25) is 4.79 Å². The molecule has 0 aliphatic heterocycles. The average molecular weight is 291 g/mol. The first-order chi connectivity index (χ1) is 8.43. The standard InChI is InChI=1S/C13H25NO4S/c1-12(2,3)17-10(15)7-9(8-19)14-11(16)18-13(4,5)6/h9,19H,7-8H2,1-6H3,(H,14,16)/t9-/m0/s1. The molecule has 0 radical (unpaired) electrons. The number of hydrogen-bond acceptors (Lipinski definition) is 5. The van der Waals surface area contributed by atoms with Crippen LogP contribution in [0.4, 0.5) is 4.79 Å². The number of carbonyl (C=O) groups excluding carboxylic acids is 2. The van der Waals surface area contributed by atoms with Gasteiger partial charge in [0.25, 0.3) is 0 Å². The highest BCUT2D eigenvalue weighted by Gasteiger charge is 2.23. The van der Waals surface area contributed by atoms with Crippen LogP contribution in [0.3, 0.4) is 0 Å². The summed E-state index contributed by atoms with van der Waals surface area (Å²) in [5.74, 6) is -0.0408. The van der Waals surface area contributed by atoms with Crippen LogP contribution in [0.5, 0.6) is 0 Å². The molecule has 0 bridgehead atoms. The molecule has 19 heavy (non-hydrogen) atoms. The second kappa shape index (κ2) is 7.03. The minimum Gasteiger partial charge on any atom is -0.460 e. The van der Waals surface area contributed by atoms with Crippen molar-refractivity contribution in [2.24, 2.45) is 0 Å². The maximum Gasteiger partial charge on any atom is 0.407 e. The lowest BCUT2D eigenvalue weighted by atomic mass is 10.2. The van der Waals surface area contributed by atoms with E-state index in [1.807, 2.05) is 0 Å². The van der Waals surface area contributed by atoms with Crippen molar-refractivity contribution in [3.05, 3.63) is 0 Å². The van der Waals surface area contributed by atoms with Crippen LogP contribution in [0.15, 0.2) is 0 Å². The van der Waals surface area contributed by atoms with Crippen LogP contribution in [-0.2, 0) is 14.3 Å². The van der Waals surface area contributed by atoms with Crippen molar-refractivity contribution in [3.8, 4) is 0 Å². The average Bonchev–Trinajstić information content (AvgIpc) is 2.10. The molecule has 0 aliphatic carbocycles. The predicted molar refractivity (Wildman–Crippen MR) is 77.5 cm³/mol. The minimum atomic E-state index is -0.572. The van der Waals surface area contributed by atoms with E-state index in [1.54, 1.807) is 41.5 Å². The summed E-state index contributed by atoms with van der Waals surface area (Å²) in [7, 11) is 0. The molecule has 0 aromatic carbocycles. The summed E-state index contributed by atoms with van der Waals surface area (Å²) in [5.41, 5.74) is -1.11. The zero-order chi connectivity index (χ0) is 15.3. The lowest BCUT2D eigenvalue weighted by Gasteiger charge is -2.24. The molecule has 5 nitrogen and oxygen atoms in total. The van der Waals surface area contributed by atoms with Crippen molar-refractivity contribution < 1.29 is 19.1 Å². The number of carbonyl (C=O) groups is 2. The minimum absolute atomic E-state index is 0.0695. The van der Waals surface area contributed by atoms with Gasteiger partial charge in [0.2, 0.25) is 0 Å². The highest BCUT2D eigenvalue weighted by molar-refractivity contribution is 7.80. The van der Waals surface area contributed by atoms with E-state index in [0.29, 0.717) is 5.75 Å². The fraction of sp³-hybridized carbons (Fsp3) is 0.846. The summed E-state index contributed by atoms with van der Waals surface area (Å²) in [5, 5.41) is 2.60. The predicted octanol–water partition coefficient (Wildman–Crippen LogP) is 2.54. The summed E-state index contributed by atoms with van der Waals surface area (Å²) in [6.07, 6.45) is -0.491. The molecule has 1 amide bonds. The van der Waals surface area contributed by atoms with E-state index in [0.717, 1.165) is 0 Å². The fourth-order valence-electron chi connectivity index (χ4n) is 1.22. The summed E-state index contributed by atoms with van der Waals surface area (Å²) < 4.78 is 10.3. The van der Waals surface area contributed by atoms with E-state index >= 15 is 0 Å². The molecule has 1 atom stereocenters. The molecule has 0 spiro atoms. The third kappa shape index (κ3) is 10.7. The van der Waals surface area contributed by atoms with E-state index in [2.05, 4.69) is 17.9 Å². The van der Waals surface area contributed by atoms with Crippen molar-refractivity contribution in [1.29, 1.82) is 0 Å². The molecule has 1 N–H and O–H groups in total. The van der Waals surface area contributed by atoms with Crippen LogP contribution in [0.25, 0.3) is 0 Å². The van der Waals surface area contributed by atoms with Crippen molar-refractivity contribution >= 4 is 24.7 Å². The van der Waals surface area contributed by atoms with Gasteiger partial charge in [-0.05, 0) is 41.5 Å². The van der Waals surface area contributed by atoms with Crippen LogP contribution >= 0.6 is 12.6 Å².